The molecular weight excluding hydrogens is 236 g/mol. The number of aliphatic hydroxyl groups is 1. The monoisotopic (exact) mass is 255 g/mol. The van der Waals surface area contributed by atoms with Gasteiger partial charge in [-0.15, -0.1) is 0 Å². The average molecular weight is 255 g/mol. The number of halogens is 2. The van der Waals surface area contributed by atoms with Gasteiger partial charge >= 0.3 is 0 Å². The Balaban J connectivity index is 2.05. The second-order valence-electron chi connectivity index (χ2n) is 5.07. The Kier molecular flexibility index (Phi) is 4.30. The summed E-state index contributed by atoms with van der Waals surface area (Å²) in [5.74, 6) is -0.822. The molecule has 18 heavy (non-hydrogen) atoms. The molecule has 0 amide bonds. The Morgan fingerprint density at radius 3 is 2.72 bits per heavy atom. The summed E-state index contributed by atoms with van der Waals surface area (Å²) in [6, 6.07) is 3.53. The molecular formula is C14H19F2NO. The van der Waals surface area contributed by atoms with E-state index in [0.717, 1.165) is 37.8 Å². The third-order valence-corrected chi connectivity index (χ3v) is 3.69. The summed E-state index contributed by atoms with van der Waals surface area (Å²) in [6.07, 6.45) is 3.47. The summed E-state index contributed by atoms with van der Waals surface area (Å²) in [5, 5.41) is 9.93. The van der Waals surface area contributed by atoms with Crippen LogP contribution in [0.4, 0.5) is 8.78 Å². The highest BCUT2D eigenvalue weighted by Crippen LogP contribution is 2.24. The second-order valence-corrected chi connectivity index (χ2v) is 5.07. The summed E-state index contributed by atoms with van der Waals surface area (Å²) in [6.45, 7) is 0.325. The molecule has 100 valence electrons. The van der Waals surface area contributed by atoms with Gasteiger partial charge in [0.1, 0.15) is 11.6 Å². The van der Waals surface area contributed by atoms with Crippen LogP contribution in [0.1, 0.15) is 31.2 Å². The number of benzene rings is 1. The van der Waals surface area contributed by atoms with Crippen molar-refractivity contribution in [3.63, 3.8) is 0 Å². The van der Waals surface area contributed by atoms with Crippen molar-refractivity contribution in [2.45, 2.75) is 44.4 Å². The molecule has 4 heteroatoms. The lowest BCUT2D eigenvalue weighted by Gasteiger charge is -2.35. The van der Waals surface area contributed by atoms with Gasteiger partial charge in [-0.25, -0.2) is 8.78 Å². The summed E-state index contributed by atoms with van der Waals surface area (Å²) < 4.78 is 26.6. The molecule has 2 rings (SSSR count). The van der Waals surface area contributed by atoms with Crippen molar-refractivity contribution >= 4 is 0 Å². The van der Waals surface area contributed by atoms with E-state index in [1.807, 2.05) is 11.9 Å². The van der Waals surface area contributed by atoms with Gasteiger partial charge in [0.25, 0.3) is 0 Å². The molecule has 0 aromatic heterocycles. The zero-order valence-electron chi connectivity index (χ0n) is 10.6. The molecule has 1 fully saturated rings. The number of hydrogen-bond acceptors (Lipinski definition) is 2. The Bertz CT molecular complexity index is 411. The van der Waals surface area contributed by atoms with Gasteiger partial charge < -0.3 is 5.11 Å². The Labute approximate surface area is 106 Å². The van der Waals surface area contributed by atoms with Crippen molar-refractivity contribution in [1.29, 1.82) is 0 Å². The predicted octanol–water partition coefficient (Wildman–Crippen LogP) is 2.70. The van der Waals surface area contributed by atoms with Crippen LogP contribution in [0.5, 0.6) is 0 Å². The number of rotatable bonds is 3. The van der Waals surface area contributed by atoms with Gasteiger partial charge in [0.2, 0.25) is 0 Å². The standard InChI is InChI=1S/C14H19F2NO/c1-17(13-4-2-3-5-14(13)18)9-10-8-11(15)6-7-12(10)16/h6-8,13-14,18H,2-5,9H2,1H3. The van der Waals surface area contributed by atoms with Crippen molar-refractivity contribution in [3.05, 3.63) is 35.4 Å². The van der Waals surface area contributed by atoms with Gasteiger partial charge in [0.15, 0.2) is 0 Å². The van der Waals surface area contributed by atoms with Gasteiger partial charge in [-0.3, -0.25) is 4.90 Å². The van der Waals surface area contributed by atoms with Crippen molar-refractivity contribution < 1.29 is 13.9 Å². The lowest BCUT2D eigenvalue weighted by Crippen LogP contribution is -2.43. The zero-order valence-corrected chi connectivity index (χ0v) is 10.6. The van der Waals surface area contributed by atoms with Gasteiger partial charge in [0.05, 0.1) is 6.10 Å². The average Bonchev–Trinajstić information content (AvgIpc) is 2.34. The van der Waals surface area contributed by atoms with E-state index >= 15 is 0 Å². The largest absolute Gasteiger partial charge is 0.391 e. The summed E-state index contributed by atoms with van der Waals surface area (Å²) in [5.41, 5.74) is 0.343. The van der Waals surface area contributed by atoms with Crippen LogP contribution < -0.4 is 0 Å². The Morgan fingerprint density at radius 2 is 2.00 bits per heavy atom. The first kappa shape index (κ1) is 13.4. The van der Waals surface area contributed by atoms with Gasteiger partial charge in [-0.2, -0.15) is 0 Å². The molecule has 1 saturated carbocycles. The van der Waals surface area contributed by atoms with Crippen LogP contribution in [0.15, 0.2) is 18.2 Å². The van der Waals surface area contributed by atoms with Crippen molar-refractivity contribution in [1.82, 2.24) is 4.90 Å². The zero-order chi connectivity index (χ0) is 13.1. The summed E-state index contributed by atoms with van der Waals surface area (Å²) in [4.78, 5) is 1.92. The van der Waals surface area contributed by atoms with Gasteiger partial charge in [0, 0.05) is 18.2 Å². The first-order valence-electron chi connectivity index (χ1n) is 6.40. The molecule has 1 aliphatic carbocycles. The predicted molar refractivity (Wildman–Crippen MR) is 66.1 cm³/mol. The van der Waals surface area contributed by atoms with Crippen LogP contribution in [0, 0.1) is 11.6 Å². The first-order chi connectivity index (χ1) is 8.58. The Hall–Kier alpha value is -1.00. The normalized spacial score (nSPS) is 24.5. The third-order valence-electron chi connectivity index (χ3n) is 3.69. The molecule has 0 spiro atoms. The minimum Gasteiger partial charge on any atom is -0.391 e. The molecule has 1 aliphatic rings. The lowest BCUT2D eigenvalue weighted by atomic mass is 9.91. The van der Waals surface area contributed by atoms with Crippen LogP contribution >= 0.6 is 0 Å². The number of aliphatic hydroxyl groups excluding tert-OH is 1. The molecule has 2 nitrogen and oxygen atoms in total. The van der Waals surface area contributed by atoms with E-state index in [9.17, 15) is 13.9 Å². The van der Waals surface area contributed by atoms with Crippen LogP contribution in [-0.2, 0) is 6.54 Å². The van der Waals surface area contributed by atoms with Crippen LogP contribution in [-0.4, -0.2) is 29.2 Å². The fraction of sp³-hybridized carbons (Fsp3) is 0.571. The van der Waals surface area contributed by atoms with E-state index in [1.54, 1.807) is 0 Å². The van der Waals surface area contributed by atoms with Crippen LogP contribution in [0.3, 0.4) is 0 Å². The smallest absolute Gasteiger partial charge is 0.127 e. The molecule has 0 aliphatic heterocycles. The summed E-state index contributed by atoms with van der Waals surface area (Å²) in [7, 11) is 1.85. The third kappa shape index (κ3) is 3.06. The van der Waals surface area contributed by atoms with E-state index in [0.29, 0.717) is 12.1 Å². The van der Waals surface area contributed by atoms with Crippen molar-refractivity contribution in [2.24, 2.45) is 0 Å². The minimum atomic E-state index is -0.427. The molecule has 1 aromatic rings. The highest BCUT2D eigenvalue weighted by molar-refractivity contribution is 5.18. The van der Waals surface area contributed by atoms with Gasteiger partial charge in [-0.1, -0.05) is 12.8 Å². The number of nitrogens with zero attached hydrogens (tertiary/aromatic N) is 1. The number of hydrogen-bond donors (Lipinski definition) is 1. The maximum atomic E-state index is 13.5. The SMILES string of the molecule is CN(Cc1cc(F)ccc1F)C1CCCCC1O. The summed E-state index contributed by atoms with van der Waals surface area (Å²) >= 11 is 0. The molecule has 2 unspecified atom stereocenters. The first-order valence-corrected chi connectivity index (χ1v) is 6.40. The highest BCUT2D eigenvalue weighted by atomic mass is 19.1. The highest BCUT2D eigenvalue weighted by Gasteiger charge is 2.26. The fourth-order valence-electron chi connectivity index (χ4n) is 2.66. The lowest BCUT2D eigenvalue weighted by molar-refractivity contribution is 0.0284. The van der Waals surface area contributed by atoms with Gasteiger partial charge in [-0.05, 0) is 38.1 Å². The van der Waals surface area contributed by atoms with E-state index in [-0.39, 0.29) is 12.1 Å². The Morgan fingerprint density at radius 1 is 1.28 bits per heavy atom. The molecule has 1 N–H and O–H groups in total. The topological polar surface area (TPSA) is 23.5 Å². The molecule has 1 aromatic carbocycles. The molecule has 0 saturated heterocycles. The molecule has 0 bridgehead atoms. The molecule has 0 radical (unpaired) electrons. The number of likely N-dealkylation sites (N-methyl/N-ethyl adjacent to an activating group) is 1. The minimum absolute atomic E-state index is 0.0430. The second kappa shape index (κ2) is 5.76. The molecule has 2 atom stereocenters. The van der Waals surface area contributed by atoms with E-state index < -0.39 is 11.6 Å². The van der Waals surface area contributed by atoms with Crippen LogP contribution in [0.2, 0.25) is 0 Å². The van der Waals surface area contributed by atoms with Crippen molar-refractivity contribution in [3.8, 4) is 0 Å². The van der Waals surface area contributed by atoms with Crippen molar-refractivity contribution in [2.75, 3.05) is 7.05 Å². The quantitative estimate of drug-likeness (QED) is 0.897. The van der Waals surface area contributed by atoms with E-state index in [1.165, 1.54) is 6.07 Å². The van der Waals surface area contributed by atoms with E-state index in [4.69, 9.17) is 0 Å². The fourth-order valence-corrected chi connectivity index (χ4v) is 2.66. The maximum Gasteiger partial charge on any atom is 0.127 e. The molecule has 0 heterocycles. The van der Waals surface area contributed by atoms with E-state index in [2.05, 4.69) is 0 Å². The van der Waals surface area contributed by atoms with Crippen LogP contribution in [0.25, 0.3) is 0 Å². The maximum absolute atomic E-state index is 13.5.